The lowest BCUT2D eigenvalue weighted by atomic mass is 10.3. The summed E-state index contributed by atoms with van der Waals surface area (Å²) < 4.78 is 10.2. The molecule has 0 radical (unpaired) electrons. The Morgan fingerprint density at radius 1 is 1.36 bits per heavy atom. The summed E-state index contributed by atoms with van der Waals surface area (Å²) in [7, 11) is 0. The highest BCUT2D eigenvalue weighted by Crippen LogP contribution is 2.13. The molecule has 0 saturated carbocycles. The first-order chi connectivity index (χ1) is 4.83. The highest BCUT2D eigenvalue weighted by Gasteiger charge is 2.22. The van der Waals surface area contributed by atoms with Gasteiger partial charge in [0.2, 0.25) is 5.79 Å². The van der Waals surface area contributed by atoms with Crippen molar-refractivity contribution in [3.63, 3.8) is 0 Å². The molecule has 0 aliphatic rings. The van der Waals surface area contributed by atoms with Crippen molar-refractivity contribution >= 4 is 5.97 Å². The molecule has 0 saturated heterocycles. The number of carbonyl (C=O) groups excluding carboxylic acids is 1. The molecule has 0 heterocycles. The molecule has 0 amide bonds. The zero-order chi connectivity index (χ0) is 9.07. The van der Waals surface area contributed by atoms with Gasteiger partial charge in [-0.1, -0.05) is 0 Å². The summed E-state index contributed by atoms with van der Waals surface area (Å²) in [6.45, 7) is 8.59. The Bertz CT molecular complexity index is 138. The van der Waals surface area contributed by atoms with Gasteiger partial charge in [0, 0.05) is 20.8 Å². The van der Waals surface area contributed by atoms with Crippen molar-refractivity contribution in [1.29, 1.82) is 0 Å². The van der Waals surface area contributed by atoms with Crippen LogP contribution >= 0.6 is 0 Å². The molecule has 0 fully saturated rings. The van der Waals surface area contributed by atoms with Crippen molar-refractivity contribution in [3.8, 4) is 0 Å². The first-order valence-electron chi connectivity index (χ1n) is 3.71. The lowest BCUT2D eigenvalue weighted by molar-refractivity contribution is -0.225. The second kappa shape index (κ2) is 3.72. The smallest absolute Gasteiger partial charge is 0.305 e. The van der Waals surface area contributed by atoms with Gasteiger partial charge in [-0.25, -0.2) is 0 Å². The monoisotopic (exact) mass is 160 g/mol. The Morgan fingerprint density at radius 3 is 2.09 bits per heavy atom. The second-order valence-electron chi connectivity index (χ2n) is 3.16. The topological polar surface area (TPSA) is 35.5 Å². The van der Waals surface area contributed by atoms with Crippen molar-refractivity contribution < 1.29 is 14.3 Å². The molecule has 3 nitrogen and oxygen atoms in total. The predicted molar refractivity (Wildman–Crippen MR) is 42.1 cm³/mol. The van der Waals surface area contributed by atoms with Crippen molar-refractivity contribution in [2.45, 2.75) is 46.5 Å². The van der Waals surface area contributed by atoms with Crippen LogP contribution < -0.4 is 0 Å². The minimum Gasteiger partial charge on any atom is -0.434 e. The second-order valence-corrected chi connectivity index (χ2v) is 3.16. The number of ether oxygens (including phenoxy) is 2. The van der Waals surface area contributed by atoms with E-state index in [0.717, 1.165) is 0 Å². The van der Waals surface area contributed by atoms with E-state index in [1.807, 2.05) is 13.8 Å². The van der Waals surface area contributed by atoms with Gasteiger partial charge in [-0.15, -0.1) is 0 Å². The lowest BCUT2D eigenvalue weighted by Crippen LogP contribution is -2.33. The summed E-state index contributed by atoms with van der Waals surface area (Å²) >= 11 is 0. The van der Waals surface area contributed by atoms with Crippen LogP contribution in [0.1, 0.15) is 34.6 Å². The quantitative estimate of drug-likeness (QED) is 0.465. The van der Waals surface area contributed by atoms with Gasteiger partial charge in [-0.2, -0.15) is 0 Å². The summed E-state index contributed by atoms with van der Waals surface area (Å²) in [5, 5.41) is 0. The highest BCUT2D eigenvalue weighted by molar-refractivity contribution is 5.66. The van der Waals surface area contributed by atoms with Gasteiger partial charge in [0.05, 0.1) is 6.10 Å². The third-order valence-electron chi connectivity index (χ3n) is 0.909. The average molecular weight is 160 g/mol. The van der Waals surface area contributed by atoms with E-state index in [1.54, 1.807) is 13.8 Å². The molecule has 3 heteroatoms. The van der Waals surface area contributed by atoms with E-state index in [4.69, 9.17) is 9.47 Å². The third-order valence-corrected chi connectivity index (χ3v) is 0.909. The number of hydrogen-bond acceptors (Lipinski definition) is 3. The molecular weight excluding hydrogens is 144 g/mol. The first kappa shape index (κ1) is 10.4. The molecule has 0 aromatic rings. The summed E-state index contributed by atoms with van der Waals surface area (Å²) in [6.07, 6.45) is 0.0596. The van der Waals surface area contributed by atoms with E-state index in [9.17, 15) is 4.79 Å². The van der Waals surface area contributed by atoms with Gasteiger partial charge in [0.25, 0.3) is 0 Å². The van der Waals surface area contributed by atoms with Gasteiger partial charge < -0.3 is 9.47 Å². The van der Waals surface area contributed by atoms with E-state index in [-0.39, 0.29) is 12.1 Å². The minimum atomic E-state index is -0.806. The number of esters is 1. The SMILES string of the molecule is CC(=O)OC(C)(C)OC(C)C. The average Bonchev–Trinajstić information content (AvgIpc) is 1.53. The number of rotatable bonds is 3. The zero-order valence-corrected chi connectivity index (χ0v) is 7.80. The van der Waals surface area contributed by atoms with Gasteiger partial charge in [0.15, 0.2) is 0 Å². The van der Waals surface area contributed by atoms with Crippen LogP contribution in [0.2, 0.25) is 0 Å². The van der Waals surface area contributed by atoms with Crippen molar-refractivity contribution in [1.82, 2.24) is 0 Å². The molecule has 0 aromatic heterocycles. The molecule has 0 rings (SSSR count). The standard InChI is InChI=1S/C8H16O3/c1-6(2)10-8(4,5)11-7(3)9/h6H,1-5H3. The molecular formula is C8H16O3. The van der Waals surface area contributed by atoms with E-state index in [1.165, 1.54) is 6.92 Å². The van der Waals surface area contributed by atoms with Crippen molar-refractivity contribution in [3.05, 3.63) is 0 Å². The highest BCUT2D eigenvalue weighted by atomic mass is 16.7. The van der Waals surface area contributed by atoms with E-state index in [0.29, 0.717) is 0 Å². The van der Waals surface area contributed by atoms with Crippen LogP contribution in [0.3, 0.4) is 0 Å². The fourth-order valence-corrected chi connectivity index (χ4v) is 0.938. The molecule has 0 atom stereocenters. The molecule has 11 heavy (non-hydrogen) atoms. The fourth-order valence-electron chi connectivity index (χ4n) is 0.938. The van der Waals surface area contributed by atoms with Crippen LogP contribution in [0.15, 0.2) is 0 Å². The molecule has 0 aromatic carbocycles. The van der Waals surface area contributed by atoms with Crippen molar-refractivity contribution in [2.75, 3.05) is 0 Å². The predicted octanol–water partition coefficient (Wildman–Crippen LogP) is 1.71. The summed E-state index contributed by atoms with van der Waals surface area (Å²) in [5.41, 5.74) is 0. The Morgan fingerprint density at radius 2 is 1.82 bits per heavy atom. The largest absolute Gasteiger partial charge is 0.434 e. The van der Waals surface area contributed by atoms with Crippen LogP contribution in [0.25, 0.3) is 0 Å². The van der Waals surface area contributed by atoms with Gasteiger partial charge in [-0.3, -0.25) is 4.79 Å². The van der Waals surface area contributed by atoms with E-state index < -0.39 is 5.79 Å². The van der Waals surface area contributed by atoms with Gasteiger partial charge in [-0.05, 0) is 13.8 Å². The maximum atomic E-state index is 10.5. The van der Waals surface area contributed by atoms with Crippen LogP contribution in [0.4, 0.5) is 0 Å². The molecule has 0 bridgehead atoms. The first-order valence-corrected chi connectivity index (χ1v) is 3.71. The Balaban J connectivity index is 3.89. The Kier molecular flexibility index (Phi) is 3.52. The summed E-state index contributed by atoms with van der Waals surface area (Å²) in [6, 6.07) is 0. The van der Waals surface area contributed by atoms with Gasteiger partial charge >= 0.3 is 5.97 Å². The Labute approximate surface area is 67.7 Å². The molecule has 0 aliphatic carbocycles. The normalized spacial score (nSPS) is 11.8. The van der Waals surface area contributed by atoms with Crippen LogP contribution in [0.5, 0.6) is 0 Å². The fraction of sp³-hybridized carbons (Fsp3) is 0.875. The van der Waals surface area contributed by atoms with Crippen LogP contribution in [-0.2, 0) is 14.3 Å². The molecule has 0 N–H and O–H groups in total. The summed E-state index contributed by atoms with van der Waals surface area (Å²) in [5.74, 6) is -1.13. The number of hydrogen-bond donors (Lipinski definition) is 0. The lowest BCUT2D eigenvalue weighted by Gasteiger charge is -2.26. The number of carbonyl (C=O) groups is 1. The maximum Gasteiger partial charge on any atom is 0.305 e. The van der Waals surface area contributed by atoms with Crippen LogP contribution in [0, 0.1) is 0 Å². The third kappa shape index (κ3) is 5.85. The molecule has 0 spiro atoms. The van der Waals surface area contributed by atoms with Crippen molar-refractivity contribution in [2.24, 2.45) is 0 Å². The van der Waals surface area contributed by atoms with Gasteiger partial charge in [0.1, 0.15) is 0 Å². The maximum absolute atomic E-state index is 10.5. The van der Waals surface area contributed by atoms with E-state index >= 15 is 0 Å². The molecule has 66 valence electrons. The minimum absolute atomic E-state index is 0.0596. The van der Waals surface area contributed by atoms with Crippen LogP contribution in [-0.4, -0.2) is 17.9 Å². The Hall–Kier alpha value is -0.570. The molecule has 0 unspecified atom stereocenters. The molecule has 0 aliphatic heterocycles. The van der Waals surface area contributed by atoms with E-state index in [2.05, 4.69) is 0 Å². The summed E-state index contributed by atoms with van der Waals surface area (Å²) in [4.78, 5) is 10.5. The zero-order valence-electron chi connectivity index (χ0n) is 7.80.